The van der Waals surface area contributed by atoms with Gasteiger partial charge in [0.1, 0.15) is 16.9 Å². The minimum absolute atomic E-state index is 0.0479. The predicted molar refractivity (Wildman–Crippen MR) is 135 cm³/mol. The van der Waals surface area contributed by atoms with Crippen LogP contribution in [0.3, 0.4) is 0 Å². The molecule has 0 spiro atoms. The van der Waals surface area contributed by atoms with Crippen LogP contribution in [0.1, 0.15) is 15.9 Å². The van der Waals surface area contributed by atoms with Gasteiger partial charge in [-0.05, 0) is 36.8 Å². The summed E-state index contributed by atoms with van der Waals surface area (Å²) in [6.07, 6.45) is 0. The number of aryl methyl sites for hydroxylation is 1. The number of carboxylic acids is 1. The highest BCUT2D eigenvalue weighted by molar-refractivity contribution is 7.94. The molecule has 0 saturated carbocycles. The van der Waals surface area contributed by atoms with Crippen LogP contribution >= 0.6 is 0 Å². The number of carboxylic acid groups (broad SMARTS) is 1. The van der Waals surface area contributed by atoms with E-state index in [9.17, 15) is 27.9 Å². The molecule has 0 aromatic heterocycles. The first-order valence-corrected chi connectivity index (χ1v) is 12.0. The average Bonchev–Trinajstić information content (AvgIpc) is 2.88. The van der Waals surface area contributed by atoms with Crippen LogP contribution < -0.4 is 41.9 Å². The number of carbonyl (C=O) groups is 1. The standard InChI is InChI=1S/C24H22N4O8S/c1-5-37(33,34)14-7-9-17(20(11-14)36-4)26-28-22-18(29)12-15(24(31)32)21(23(22)30)27-25-16-8-6-13(2)10-19(16)35-3/h5-12,25-26H,1H2,2-4H3,(H,31,32). The summed E-state index contributed by atoms with van der Waals surface area (Å²) >= 11 is 0. The first kappa shape index (κ1) is 26.8. The van der Waals surface area contributed by atoms with Crippen LogP contribution in [0.2, 0.25) is 0 Å². The highest BCUT2D eigenvalue weighted by Gasteiger charge is 2.16. The number of nitrogens with one attached hydrogen (secondary N) is 2. The molecule has 0 radical (unpaired) electrons. The molecule has 0 saturated heterocycles. The van der Waals surface area contributed by atoms with Crippen molar-refractivity contribution in [3.63, 3.8) is 0 Å². The molecular formula is C24H22N4O8S. The quantitative estimate of drug-likeness (QED) is 0.342. The minimum Gasteiger partial charge on any atom is -0.495 e. The third kappa shape index (κ3) is 5.73. The number of hydrogen-bond acceptors (Lipinski definition) is 11. The first-order valence-electron chi connectivity index (χ1n) is 10.4. The van der Waals surface area contributed by atoms with E-state index in [0.29, 0.717) is 11.4 Å². The lowest BCUT2D eigenvalue weighted by Gasteiger charge is -2.09. The van der Waals surface area contributed by atoms with E-state index in [4.69, 9.17) is 9.47 Å². The van der Waals surface area contributed by atoms with E-state index in [1.54, 1.807) is 18.2 Å². The molecule has 12 nitrogen and oxygen atoms in total. The fourth-order valence-corrected chi connectivity index (χ4v) is 3.88. The van der Waals surface area contributed by atoms with Crippen molar-refractivity contribution in [1.29, 1.82) is 0 Å². The predicted octanol–water partition coefficient (Wildman–Crippen LogP) is 1.08. The van der Waals surface area contributed by atoms with Crippen LogP contribution in [0.5, 0.6) is 11.5 Å². The van der Waals surface area contributed by atoms with Crippen LogP contribution in [0.15, 0.2) is 79.1 Å². The number of aromatic carboxylic acids is 1. The smallest absolute Gasteiger partial charge is 0.338 e. The molecule has 13 heteroatoms. The van der Waals surface area contributed by atoms with Crippen molar-refractivity contribution in [2.45, 2.75) is 11.8 Å². The van der Waals surface area contributed by atoms with Gasteiger partial charge in [-0.15, -0.1) is 0 Å². The summed E-state index contributed by atoms with van der Waals surface area (Å²) in [5, 5.41) is 16.8. The topological polar surface area (TPSA) is 173 Å². The molecule has 3 rings (SSSR count). The summed E-state index contributed by atoms with van der Waals surface area (Å²) < 4.78 is 34.5. The Labute approximate surface area is 210 Å². The summed E-state index contributed by atoms with van der Waals surface area (Å²) in [5.41, 5.74) is 3.82. The zero-order chi connectivity index (χ0) is 27.3. The van der Waals surface area contributed by atoms with Gasteiger partial charge in [0.25, 0.3) is 0 Å². The van der Waals surface area contributed by atoms with Gasteiger partial charge in [-0.3, -0.25) is 20.4 Å². The van der Waals surface area contributed by atoms with Gasteiger partial charge in [0.05, 0.1) is 36.1 Å². The van der Waals surface area contributed by atoms with E-state index in [0.717, 1.165) is 17.0 Å². The molecule has 0 aliphatic carbocycles. The van der Waals surface area contributed by atoms with Gasteiger partial charge in [-0.2, -0.15) is 10.2 Å². The maximum Gasteiger partial charge on any atom is 0.338 e. The maximum absolute atomic E-state index is 13.1. The number of anilines is 2. The van der Waals surface area contributed by atoms with Crippen LogP contribution in [0.25, 0.3) is 0 Å². The zero-order valence-electron chi connectivity index (χ0n) is 19.9. The number of methoxy groups -OCH3 is 2. The largest absolute Gasteiger partial charge is 0.495 e. The number of ether oxygens (including phenoxy) is 2. The molecule has 0 fully saturated rings. The van der Waals surface area contributed by atoms with Crippen molar-refractivity contribution >= 4 is 27.2 Å². The summed E-state index contributed by atoms with van der Waals surface area (Å²) in [6.45, 7) is 5.11. The van der Waals surface area contributed by atoms with Crippen molar-refractivity contribution in [3.8, 4) is 11.5 Å². The number of benzene rings is 3. The normalized spacial score (nSPS) is 12.2. The third-order valence-corrected chi connectivity index (χ3v) is 6.43. The molecule has 3 N–H and O–H groups in total. The zero-order valence-corrected chi connectivity index (χ0v) is 20.8. The molecule has 0 atom stereocenters. The lowest BCUT2D eigenvalue weighted by Crippen LogP contribution is -2.50. The lowest BCUT2D eigenvalue weighted by atomic mass is 10.2. The molecule has 37 heavy (non-hydrogen) atoms. The number of rotatable bonds is 9. The van der Waals surface area contributed by atoms with Gasteiger partial charge >= 0.3 is 5.97 Å². The van der Waals surface area contributed by atoms with Gasteiger partial charge in [-0.25, -0.2) is 13.2 Å². The first-order chi connectivity index (χ1) is 17.5. The average molecular weight is 527 g/mol. The van der Waals surface area contributed by atoms with E-state index in [2.05, 4.69) is 27.6 Å². The highest BCUT2D eigenvalue weighted by Crippen LogP contribution is 2.28. The monoisotopic (exact) mass is 526 g/mol. The van der Waals surface area contributed by atoms with E-state index < -0.39 is 42.9 Å². The Kier molecular flexibility index (Phi) is 7.88. The van der Waals surface area contributed by atoms with E-state index in [1.807, 2.05) is 6.92 Å². The Morgan fingerprint density at radius 3 is 2.08 bits per heavy atom. The van der Waals surface area contributed by atoms with Crippen LogP contribution in [0, 0.1) is 6.92 Å². The second-order valence-corrected chi connectivity index (χ2v) is 9.37. The Hall–Kier alpha value is -4.78. The Balaban J connectivity index is 2.13. The van der Waals surface area contributed by atoms with Gasteiger partial charge in [-0.1, -0.05) is 12.6 Å². The summed E-state index contributed by atoms with van der Waals surface area (Å²) in [6, 6.07) is 9.59. The Morgan fingerprint density at radius 2 is 1.51 bits per heavy atom. The molecule has 3 aromatic rings. The number of nitrogens with zero attached hydrogens (tertiary/aromatic N) is 2. The number of sulfone groups is 1. The van der Waals surface area contributed by atoms with Gasteiger partial charge < -0.3 is 14.6 Å². The minimum atomic E-state index is -3.74. The van der Waals surface area contributed by atoms with Crippen molar-refractivity contribution in [3.05, 3.63) is 96.7 Å². The lowest BCUT2D eigenvalue weighted by molar-refractivity contribution is 0.0694. The molecule has 0 amide bonds. The van der Waals surface area contributed by atoms with Crippen LogP contribution in [-0.4, -0.2) is 33.7 Å². The van der Waals surface area contributed by atoms with Crippen molar-refractivity contribution < 1.29 is 27.8 Å². The second kappa shape index (κ2) is 10.9. The Bertz CT molecular complexity index is 1720. The fourth-order valence-electron chi connectivity index (χ4n) is 3.15. The van der Waals surface area contributed by atoms with Crippen molar-refractivity contribution in [2.75, 3.05) is 25.1 Å². The molecule has 0 unspecified atom stereocenters. The molecular weight excluding hydrogens is 504 g/mol. The number of hydrogen-bond donors (Lipinski definition) is 3. The summed E-state index contributed by atoms with van der Waals surface area (Å²) in [7, 11) is -1.02. The molecule has 0 aliphatic heterocycles. The summed E-state index contributed by atoms with van der Waals surface area (Å²) in [5.74, 6) is -1.09. The van der Waals surface area contributed by atoms with E-state index in [1.165, 1.54) is 32.4 Å². The molecule has 0 heterocycles. The van der Waals surface area contributed by atoms with Crippen molar-refractivity contribution in [1.82, 2.24) is 0 Å². The van der Waals surface area contributed by atoms with Crippen molar-refractivity contribution in [2.24, 2.45) is 10.2 Å². The van der Waals surface area contributed by atoms with Crippen LogP contribution in [0.4, 0.5) is 11.4 Å². The van der Waals surface area contributed by atoms with Gasteiger partial charge in [0.2, 0.25) is 10.9 Å². The second-order valence-electron chi connectivity index (χ2n) is 7.48. The van der Waals surface area contributed by atoms with E-state index in [-0.39, 0.29) is 16.3 Å². The molecule has 0 bridgehead atoms. The summed E-state index contributed by atoms with van der Waals surface area (Å²) in [4.78, 5) is 37.2. The maximum atomic E-state index is 13.1. The van der Waals surface area contributed by atoms with Crippen LogP contribution in [-0.2, 0) is 9.84 Å². The Morgan fingerprint density at radius 1 is 0.946 bits per heavy atom. The third-order valence-electron chi connectivity index (χ3n) is 5.08. The van der Waals surface area contributed by atoms with Gasteiger partial charge in [0.15, 0.2) is 15.2 Å². The highest BCUT2D eigenvalue weighted by atomic mass is 32.2. The van der Waals surface area contributed by atoms with Gasteiger partial charge in [0, 0.05) is 17.5 Å². The molecule has 0 aliphatic rings. The fraction of sp³-hybridized carbons (Fsp3) is 0.125. The molecule has 3 aromatic carbocycles. The molecule has 192 valence electrons. The SMILES string of the molecule is C=CS(=O)(=O)c1ccc(NN=c2c(=O)cc(C(=O)O)c(=NNc3ccc(C)cc3OC)c2=O)c(OC)c1. The van der Waals surface area contributed by atoms with E-state index >= 15 is 0 Å².